The van der Waals surface area contributed by atoms with Crippen molar-refractivity contribution in [1.29, 1.82) is 0 Å². The zero-order chi connectivity index (χ0) is 15.3. The van der Waals surface area contributed by atoms with Crippen LogP contribution in [0.1, 0.15) is 13.8 Å². The number of alkyl halides is 1. The molecule has 0 bridgehead atoms. The van der Waals surface area contributed by atoms with Gasteiger partial charge in [-0.2, -0.15) is 0 Å². The van der Waals surface area contributed by atoms with Crippen molar-refractivity contribution in [3.63, 3.8) is 0 Å². The highest BCUT2D eigenvalue weighted by Crippen LogP contribution is 2.17. The number of rotatable bonds is 13. The van der Waals surface area contributed by atoms with E-state index in [1.807, 2.05) is 0 Å². The molecule has 0 aliphatic heterocycles. The second-order valence-electron chi connectivity index (χ2n) is 4.44. The summed E-state index contributed by atoms with van der Waals surface area (Å²) in [6.45, 7) is 7.27. The van der Waals surface area contributed by atoms with Gasteiger partial charge in [0.2, 0.25) is 0 Å². The molecule has 0 spiro atoms. The lowest BCUT2D eigenvalue weighted by molar-refractivity contribution is -0.147. The Morgan fingerprint density at radius 2 is 1.25 bits per heavy atom. The largest absolute Gasteiger partial charge is 0.462 e. The number of methoxy groups -OCH3 is 1. The van der Waals surface area contributed by atoms with Crippen LogP contribution in [0, 0.1) is 0 Å². The summed E-state index contributed by atoms with van der Waals surface area (Å²) in [6, 6.07) is 0. The predicted octanol–water partition coefficient (Wildman–Crippen LogP) is 1.40. The Kier molecular flexibility index (Phi) is 12.4. The molecule has 0 aromatic carbocycles. The van der Waals surface area contributed by atoms with E-state index in [-0.39, 0.29) is 12.6 Å². The van der Waals surface area contributed by atoms with E-state index >= 15 is 0 Å². The summed E-state index contributed by atoms with van der Waals surface area (Å²) in [5.74, 6) is -0.300. The molecule has 6 nitrogen and oxygen atoms in total. The zero-order valence-electron chi connectivity index (χ0n) is 12.5. The van der Waals surface area contributed by atoms with Crippen molar-refractivity contribution in [3.05, 3.63) is 0 Å². The fourth-order valence-corrected chi connectivity index (χ4v) is 1.16. The molecule has 0 atom stereocenters. The Morgan fingerprint density at radius 3 is 1.65 bits per heavy atom. The second kappa shape index (κ2) is 12.5. The molecule has 0 amide bonds. The Morgan fingerprint density at radius 1 is 0.850 bits per heavy atom. The molecule has 0 heterocycles. The molecule has 0 saturated carbocycles. The van der Waals surface area contributed by atoms with Gasteiger partial charge in [0.1, 0.15) is 10.9 Å². The van der Waals surface area contributed by atoms with Crippen LogP contribution in [0.15, 0.2) is 0 Å². The fourth-order valence-electron chi connectivity index (χ4n) is 1.05. The van der Waals surface area contributed by atoms with E-state index in [4.69, 9.17) is 23.7 Å². The highest BCUT2D eigenvalue weighted by Gasteiger charge is 2.24. The number of carbonyl (C=O) groups excluding carboxylic acids is 1. The van der Waals surface area contributed by atoms with Crippen LogP contribution in [-0.2, 0) is 28.5 Å². The second-order valence-corrected chi connectivity index (χ2v) is 6.42. The predicted molar refractivity (Wildman–Crippen MR) is 78.3 cm³/mol. The van der Waals surface area contributed by atoms with Crippen molar-refractivity contribution >= 4 is 21.9 Å². The van der Waals surface area contributed by atoms with Crippen LogP contribution in [0.4, 0.5) is 0 Å². The summed E-state index contributed by atoms with van der Waals surface area (Å²) in [5, 5.41) is 0. The summed E-state index contributed by atoms with van der Waals surface area (Å²) < 4.78 is 25.0. The molecule has 20 heavy (non-hydrogen) atoms. The van der Waals surface area contributed by atoms with E-state index in [0.717, 1.165) is 0 Å². The number of hydrogen-bond acceptors (Lipinski definition) is 6. The first-order valence-electron chi connectivity index (χ1n) is 6.56. The maximum atomic E-state index is 11.4. The zero-order valence-corrected chi connectivity index (χ0v) is 14.1. The lowest BCUT2D eigenvalue weighted by Gasteiger charge is -2.14. The highest BCUT2D eigenvalue weighted by atomic mass is 79.9. The van der Waals surface area contributed by atoms with Crippen LogP contribution in [-0.4, -0.2) is 70.3 Å². The molecule has 0 aromatic heterocycles. The average molecular weight is 357 g/mol. The van der Waals surface area contributed by atoms with Gasteiger partial charge in [-0.05, 0) is 13.8 Å². The van der Waals surface area contributed by atoms with Crippen molar-refractivity contribution in [3.8, 4) is 0 Å². The van der Waals surface area contributed by atoms with E-state index in [1.54, 1.807) is 21.0 Å². The molecule has 0 aromatic rings. The maximum absolute atomic E-state index is 11.4. The molecule has 0 aliphatic rings. The van der Waals surface area contributed by atoms with Gasteiger partial charge in [-0.3, -0.25) is 4.79 Å². The van der Waals surface area contributed by atoms with E-state index in [0.29, 0.717) is 46.2 Å². The molecule has 0 saturated heterocycles. The molecular weight excluding hydrogens is 332 g/mol. The Hall–Kier alpha value is -0.210. The number of halogens is 1. The Bertz CT molecular complexity index is 242. The SMILES string of the molecule is COCCOCCOCCOCCOC(=O)C(C)(C)Br. The molecule has 0 N–H and O–H groups in total. The van der Waals surface area contributed by atoms with Crippen molar-refractivity contribution in [2.24, 2.45) is 0 Å². The van der Waals surface area contributed by atoms with Gasteiger partial charge in [0.15, 0.2) is 0 Å². The van der Waals surface area contributed by atoms with E-state index in [9.17, 15) is 4.79 Å². The number of ether oxygens (including phenoxy) is 5. The third kappa shape index (κ3) is 12.8. The van der Waals surface area contributed by atoms with E-state index in [1.165, 1.54) is 0 Å². The maximum Gasteiger partial charge on any atom is 0.322 e. The monoisotopic (exact) mass is 356 g/mol. The molecule has 120 valence electrons. The first-order valence-corrected chi connectivity index (χ1v) is 7.36. The summed E-state index contributed by atoms with van der Waals surface area (Å²) >= 11 is 3.22. The minimum absolute atomic E-state index is 0.244. The summed E-state index contributed by atoms with van der Waals surface area (Å²) in [6.07, 6.45) is 0. The van der Waals surface area contributed by atoms with Crippen LogP contribution in [0.3, 0.4) is 0 Å². The van der Waals surface area contributed by atoms with Crippen LogP contribution in [0.5, 0.6) is 0 Å². The first-order chi connectivity index (χ1) is 9.48. The lowest BCUT2D eigenvalue weighted by atomic mass is 10.2. The molecule has 0 unspecified atom stereocenters. The molecular formula is C13H25BrO6. The molecule has 0 rings (SSSR count). The standard InChI is InChI=1S/C13H25BrO6/c1-13(2,14)12(15)20-11-10-19-9-8-18-7-6-17-5-4-16-3/h4-11H2,1-3H3. The third-order valence-corrected chi connectivity index (χ3v) is 2.45. The van der Waals surface area contributed by atoms with Crippen LogP contribution in [0.25, 0.3) is 0 Å². The summed E-state index contributed by atoms with van der Waals surface area (Å²) in [5.41, 5.74) is 0. The van der Waals surface area contributed by atoms with Gasteiger partial charge in [-0.1, -0.05) is 15.9 Å². The Labute approximate surface area is 129 Å². The van der Waals surface area contributed by atoms with Gasteiger partial charge >= 0.3 is 5.97 Å². The van der Waals surface area contributed by atoms with Crippen LogP contribution >= 0.6 is 15.9 Å². The van der Waals surface area contributed by atoms with Gasteiger partial charge in [0, 0.05) is 7.11 Å². The minimum atomic E-state index is -0.654. The molecule has 7 heteroatoms. The fraction of sp³-hybridized carbons (Fsp3) is 0.923. The quantitative estimate of drug-likeness (QED) is 0.282. The van der Waals surface area contributed by atoms with Crippen molar-refractivity contribution in [2.75, 3.05) is 60.0 Å². The number of hydrogen-bond donors (Lipinski definition) is 0. The highest BCUT2D eigenvalue weighted by molar-refractivity contribution is 9.10. The van der Waals surface area contributed by atoms with Crippen LogP contribution in [0.2, 0.25) is 0 Å². The minimum Gasteiger partial charge on any atom is -0.462 e. The van der Waals surface area contributed by atoms with Crippen LogP contribution < -0.4 is 0 Å². The van der Waals surface area contributed by atoms with Gasteiger partial charge in [0.05, 0.1) is 46.2 Å². The van der Waals surface area contributed by atoms with Gasteiger partial charge in [-0.25, -0.2) is 0 Å². The number of esters is 1. The summed E-state index contributed by atoms with van der Waals surface area (Å²) in [7, 11) is 1.63. The van der Waals surface area contributed by atoms with Gasteiger partial charge < -0.3 is 23.7 Å². The Balaban J connectivity index is 3.16. The topological polar surface area (TPSA) is 63.2 Å². The molecule has 0 aliphatic carbocycles. The normalized spacial score (nSPS) is 11.6. The van der Waals surface area contributed by atoms with Crippen molar-refractivity contribution in [1.82, 2.24) is 0 Å². The van der Waals surface area contributed by atoms with Crippen molar-refractivity contribution < 1.29 is 28.5 Å². The third-order valence-electron chi connectivity index (χ3n) is 2.12. The van der Waals surface area contributed by atoms with Crippen molar-refractivity contribution in [2.45, 2.75) is 18.2 Å². The van der Waals surface area contributed by atoms with E-state index < -0.39 is 4.32 Å². The first kappa shape index (κ1) is 19.8. The average Bonchev–Trinajstić information content (AvgIpc) is 2.38. The van der Waals surface area contributed by atoms with E-state index in [2.05, 4.69) is 15.9 Å². The summed E-state index contributed by atoms with van der Waals surface area (Å²) in [4.78, 5) is 11.4. The van der Waals surface area contributed by atoms with Gasteiger partial charge in [0.25, 0.3) is 0 Å². The molecule has 0 fully saturated rings. The number of carbonyl (C=O) groups is 1. The molecule has 0 radical (unpaired) electrons. The smallest absolute Gasteiger partial charge is 0.322 e. The lowest BCUT2D eigenvalue weighted by Crippen LogP contribution is -2.27. The van der Waals surface area contributed by atoms with Gasteiger partial charge in [-0.15, -0.1) is 0 Å².